The summed E-state index contributed by atoms with van der Waals surface area (Å²) in [7, 11) is 0. The predicted molar refractivity (Wildman–Crippen MR) is 197 cm³/mol. The number of carbonyl (C=O) groups excluding carboxylic acids is 3. The van der Waals surface area contributed by atoms with Crippen LogP contribution in [0.1, 0.15) is 100 Å². The Morgan fingerprint density at radius 2 is 1.82 bits per heavy atom. The van der Waals surface area contributed by atoms with Crippen molar-refractivity contribution in [3.05, 3.63) is 82.5 Å². The standard InChI is InChI=1S/C42H53Cl2FO4/c1-9-26(2)12-10-13-27(3)15-17-32-28(4)14-11-20-38(32,6)37(48)49-42(36(47)25-45)29(5)22-34-33-18-16-30-23-31(46)19-21-39(30,7)41(33,44)35(43)24-40(34,42)8/h9-10,12-13,15,17,19,21,23,29,33-35H,11,14,16,18,20,22,24-25H2,1-8H3/t29-,33+,34+,35+,38?,39+,40+,41+,42-/m1/s1. The summed E-state index contributed by atoms with van der Waals surface area (Å²) in [5, 5.41) is -0.630. The third kappa shape index (κ3) is 5.74. The van der Waals surface area contributed by atoms with Crippen LogP contribution in [0.4, 0.5) is 4.39 Å². The molecule has 0 amide bonds. The molecular formula is C42H53Cl2FO4. The molecular weight excluding hydrogens is 658 g/mol. The van der Waals surface area contributed by atoms with Gasteiger partial charge < -0.3 is 4.74 Å². The number of ketones is 2. The molecule has 5 rings (SSSR count). The van der Waals surface area contributed by atoms with Crippen LogP contribution >= 0.6 is 23.2 Å². The van der Waals surface area contributed by atoms with Gasteiger partial charge >= 0.3 is 5.97 Å². The van der Waals surface area contributed by atoms with E-state index in [0.717, 1.165) is 35.1 Å². The van der Waals surface area contributed by atoms with E-state index in [9.17, 15) is 18.8 Å². The molecule has 4 nitrogen and oxygen atoms in total. The molecule has 0 heterocycles. The molecule has 0 radical (unpaired) electrons. The van der Waals surface area contributed by atoms with E-state index in [0.29, 0.717) is 25.7 Å². The van der Waals surface area contributed by atoms with Gasteiger partial charge in [-0.15, -0.1) is 23.2 Å². The van der Waals surface area contributed by atoms with Crippen molar-refractivity contribution in [3.8, 4) is 0 Å². The zero-order valence-electron chi connectivity index (χ0n) is 30.4. The Labute approximate surface area is 302 Å². The van der Waals surface area contributed by atoms with E-state index in [4.69, 9.17) is 27.9 Å². The Kier molecular flexibility index (Phi) is 10.4. The predicted octanol–water partition coefficient (Wildman–Crippen LogP) is 10.5. The molecule has 266 valence electrons. The summed E-state index contributed by atoms with van der Waals surface area (Å²) < 4.78 is 21.5. The lowest BCUT2D eigenvalue weighted by molar-refractivity contribution is -0.200. The fourth-order valence-electron chi connectivity index (χ4n) is 10.4. The van der Waals surface area contributed by atoms with Crippen molar-refractivity contribution in [2.45, 2.75) is 116 Å². The van der Waals surface area contributed by atoms with Gasteiger partial charge in [-0.05, 0) is 109 Å². The van der Waals surface area contributed by atoms with Crippen molar-refractivity contribution in [2.75, 3.05) is 6.67 Å². The van der Waals surface area contributed by atoms with Gasteiger partial charge in [-0.1, -0.05) is 85.6 Å². The highest BCUT2D eigenvalue weighted by atomic mass is 35.5. The number of halogens is 3. The first-order valence-electron chi connectivity index (χ1n) is 17.9. The smallest absolute Gasteiger partial charge is 0.317 e. The maximum atomic E-state index is 14.8. The zero-order chi connectivity index (χ0) is 36.2. The second-order valence-electron chi connectivity index (χ2n) is 16.1. The van der Waals surface area contributed by atoms with E-state index in [-0.39, 0.29) is 24.0 Å². The van der Waals surface area contributed by atoms with Crippen molar-refractivity contribution < 1.29 is 23.5 Å². The fraction of sp³-hybridized carbons (Fsp3) is 0.595. The van der Waals surface area contributed by atoms with Gasteiger partial charge in [-0.2, -0.15) is 0 Å². The number of rotatable bonds is 8. The van der Waals surface area contributed by atoms with Crippen LogP contribution in [0.3, 0.4) is 0 Å². The van der Waals surface area contributed by atoms with E-state index < -0.39 is 56.4 Å². The number of fused-ring (bicyclic) bond motifs is 5. The summed E-state index contributed by atoms with van der Waals surface area (Å²) in [6.07, 6.45) is 21.7. The van der Waals surface area contributed by atoms with E-state index >= 15 is 0 Å². The molecule has 7 heteroatoms. The van der Waals surface area contributed by atoms with Gasteiger partial charge in [0.2, 0.25) is 5.78 Å². The Hall–Kier alpha value is -2.50. The molecule has 0 saturated heterocycles. The number of alkyl halides is 3. The third-order valence-corrected chi connectivity index (χ3v) is 14.9. The number of ether oxygens (including phenoxy) is 1. The first-order valence-corrected chi connectivity index (χ1v) is 18.7. The molecule has 9 atom stereocenters. The number of hydrogen-bond donors (Lipinski definition) is 0. The highest BCUT2D eigenvalue weighted by Crippen LogP contribution is 2.73. The number of esters is 1. The topological polar surface area (TPSA) is 60.4 Å². The van der Waals surface area contributed by atoms with Crippen LogP contribution in [0.25, 0.3) is 0 Å². The molecule has 5 aliphatic carbocycles. The van der Waals surface area contributed by atoms with Crippen LogP contribution in [0.2, 0.25) is 0 Å². The van der Waals surface area contributed by atoms with Gasteiger partial charge in [-0.25, -0.2) is 4.39 Å². The Bertz CT molecular complexity index is 1630. The highest BCUT2D eigenvalue weighted by Gasteiger charge is 2.76. The van der Waals surface area contributed by atoms with Crippen molar-refractivity contribution in [1.82, 2.24) is 0 Å². The first-order chi connectivity index (χ1) is 23.0. The monoisotopic (exact) mass is 710 g/mol. The molecule has 5 aliphatic rings. The van der Waals surface area contributed by atoms with Crippen LogP contribution in [0.5, 0.6) is 0 Å². The van der Waals surface area contributed by atoms with Gasteiger partial charge in [0.15, 0.2) is 18.1 Å². The van der Waals surface area contributed by atoms with E-state index in [1.807, 2.05) is 84.1 Å². The first kappa shape index (κ1) is 37.7. The molecule has 0 aromatic carbocycles. The van der Waals surface area contributed by atoms with Crippen LogP contribution in [-0.2, 0) is 19.1 Å². The van der Waals surface area contributed by atoms with E-state index in [2.05, 4.69) is 13.8 Å². The average molecular weight is 712 g/mol. The lowest BCUT2D eigenvalue weighted by Gasteiger charge is -2.64. The maximum absolute atomic E-state index is 14.8. The summed E-state index contributed by atoms with van der Waals surface area (Å²) in [6, 6.07) is 0. The Morgan fingerprint density at radius 3 is 2.49 bits per heavy atom. The molecule has 1 unspecified atom stereocenters. The SMILES string of the molecule is CC=C(C)C=CC=C(C)C=CC1=C(C)CCCC1(C)C(=O)O[C@@]1(C(=O)CF)[C@H](C)C[C@H]2[C@@H]3CCC4=CC(=O)C=C[C@]4(C)[C@@]3(Cl)[C@@H](Cl)C[C@@]21C. The molecule has 3 fully saturated rings. The molecule has 0 aromatic heterocycles. The molecule has 0 spiro atoms. The van der Waals surface area contributed by atoms with Gasteiger partial charge in [0.25, 0.3) is 0 Å². The van der Waals surface area contributed by atoms with Crippen LogP contribution in [0, 0.1) is 34.0 Å². The minimum absolute atomic E-state index is 0.0517. The molecule has 0 aromatic rings. The Morgan fingerprint density at radius 1 is 1.10 bits per heavy atom. The maximum Gasteiger partial charge on any atom is 0.317 e. The van der Waals surface area contributed by atoms with Crippen LogP contribution in [-0.4, -0.2) is 40.1 Å². The Balaban J connectivity index is 1.52. The van der Waals surface area contributed by atoms with Crippen LogP contribution < -0.4 is 0 Å². The number of Topliss-reactive ketones (excluding diaryl/α,β-unsaturated/α-hetero) is 1. The lowest BCUT2D eigenvalue weighted by Crippen LogP contribution is -2.68. The average Bonchev–Trinajstić information content (AvgIpc) is 3.27. The molecule has 49 heavy (non-hydrogen) atoms. The minimum Gasteiger partial charge on any atom is -0.449 e. The second kappa shape index (κ2) is 13.6. The quantitative estimate of drug-likeness (QED) is 0.143. The lowest BCUT2D eigenvalue weighted by atomic mass is 9.46. The molecule has 0 N–H and O–H groups in total. The minimum atomic E-state index is -1.70. The van der Waals surface area contributed by atoms with Crippen molar-refractivity contribution in [2.24, 2.45) is 34.0 Å². The normalized spacial score (nSPS) is 41.1. The largest absolute Gasteiger partial charge is 0.449 e. The van der Waals surface area contributed by atoms with E-state index in [1.165, 1.54) is 5.57 Å². The third-order valence-electron chi connectivity index (χ3n) is 13.3. The second-order valence-corrected chi connectivity index (χ2v) is 17.2. The highest BCUT2D eigenvalue weighted by molar-refractivity contribution is 6.34. The van der Waals surface area contributed by atoms with E-state index in [1.54, 1.807) is 12.2 Å². The summed E-state index contributed by atoms with van der Waals surface area (Å²) in [5.74, 6) is -1.98. The zero-order valence-corrected chi connectivity index (χ0v) is 31.9. The number of allylic oxidation sites excluding steroid dienone is 13. The summed E-state index contributed by atoms with van der Waals surface area (Å²) in [5.41, 5.74) is 0.859. The van der Waals surface area contributed by atoms with Crippen molar-refractivity contribution >= 4 is 40.7 Å². The summed E-state index contributed by atoms with van der Waals surface area (Å²) in [4.78, 5) is 40.3. The van der Waals surface area contributed by atoms with Crippen molar-refractivity contribution in [1.29, 1.82) is 0 Å². The van der Waals surface area contributed by atoms with Gasteiger partial charge in [0.05, 0.1) is 15.7 Å². The number of carbonyl (C=O) groups is 3. The van der Waals surface area contributed by atoms with Crippen LogP contribution in [0.15, 0.2) is 82.5 Å². The summed E-state index contributed by atoms with van der Waals surface area (Å²) in [6.45, 7) is 14.7. The van der Waals surface area contributed by atoms with Gasteiger partial charge in [0, 0.05) is 16.7 Å². The number of hydrogen-bond acceptors (Lipinski definition) is 4. The molecule has 3 saturated carbocycles. The fourth-order valence-corrected chi connectivity index (χ4v) is 11.6. The molecule has 0 bridgehead atoms. The summed E-state index contributed by atoms with van der Waals surface area (Å²) >= 11 is 15.1. The van der Waals surface area contributed by atoms with Gasteiger partial charge in [0.1, 0.15) is 0 Å². The molecule has 0 aliphatic heterocycles. The van der Waals surface area contributed by atoms with Gasteiger partial charge in [-0.3, -0.25) is 14.4 Å². The van der Waals surface area contributed by atoms with Crippen molar-refractivity contribution in [3.63, 3.8) is 0 Å².